The van der Waals surface area contributed by atoms with Crippen molar-refractivity contribution in [3.8, 4) is 0 Å². The smallest absolute Gasteiger partial charge is 0.254 e. The van der Waals surface area contributed by atoms with Gasteiger partial charge >= 0.3 is 0 Å². The lowest BCUT2D eigenvalue weighted by Crippen LogP contribution is -2.48. The van der Waals surface area contributed by atoms with Gasteiger partial charge in [0.2, 0.25) is 0 Å². The summed E-state index contributed by atoms with van der Waals surface area (Å²) in [6, 6.07) is -0.742. The highest BCUT2D eigenvalue weighted by molar-refractivity contribution is 6.51. The van der Waals surface area contributed by atoms with Gasteiger partial charge in [-0.15, -0.1) is 0 Å². The van der Waals surface area contributed by atoms with Gasteiger partial charge in [0.25, 0.3) is 11.8 Å². The zero-order chi connectivity index (χ0) is 11.9. The molecule has 0 aromatic heterocycles. The summed E-state index contributed by atoms with van der Waals surface area (Å²) >= 11 is 17.8. The van der Waals surface area contributed by atoms with Crippen molar-refractivity contribution in [3.63, 3.8) is 0 Å². The van der Waals surface area contributed by atoms with Crippen LogP contribution in [0.15, 0.2) is 35.4 Å². The standard InChI is InChI=1S/C10H6Cl3NO2/c11-6-1-2-7(10(12,13)5-6)14-8(15)3-4-9(14)16/h1-5,7H. The number of amides is 2. The van der Waals surface area contributed by atoms with Crippen LogP contribution in [0, 0.1) is 0 Å². The summed E-state index contributed by atoms with van der Waals surface area (Å²) in [5, 5.41) is 0.369. The van der Waals surface area contributed by atoms with Crippen LogP contribution in [0.2, 0.25) is 0 Å². The highest BCUT2D eigenvalue weighted by Gasteiger charge is 2.43. The molecule has 84 valence electrons. The number of rotatable bonds is 1. The molecule has 0 bridgehead atoms. The molecule has 1 atom stereocenters. The minimum atomic E-state index is -1.40. The molecule has 0 fully saturated rings. The van der Waals surface area contributed by atoms with E-state index < -0.39 is 22.2 Å². The maximum absolute atomic E-state index is 11.5. The predicted octanol–water partition coefficient (Wildman–Crippen LogP) is 2.15. The third kappa shape index (κ3) is 1.90. The van der Waals surface area contributed by atoms with E-state index in [4.69, 9.17) is 34.8 Å². The average molecular weight is 279 g/mol. The molecule has 2 amide bonds. The molecule has 2 rings (SSSR count). The molecule has 1 aliphatic heterocycles. The summed E-state index contributed by atoms with van der Waals surface area (Å²) in [7, 11) is 0. The van der Waals surface area contributed by atoms with Crippen LogP contribution >= 0.6 is 34.8 Å². The molecule has 1 aliphatic carbocycles. The Morgan fingerprint density at radius 1 is 1.12 bits per heavy atom. The van der Waals surface area contributed by atoms with E-state index in [1.165, 1.54) is 24.3 Å². The molecule has 0 aromatic rings. The Morgan fingerprint density at radius 2 is 1.69 bits per heavy atom. The quantitative estimate of drug-likeness (QED) is 0.544. The van der Waals surface area contributed by atoms with Crippen LogP contribution in [0.3, 0.4) is 0 Å². The van der Waals surface area contributed by atoms with Crippen molar-refractivity contribution < 1.29 is 9.59 Å². The maximum atomic E-state index is 11.5. The van der Waals surface area contributed by atoms with Gasteiger partial charge in [-0.1, -0.05) is 40.9 Å². The lowest BCUT2D eigenvalue weighted by atomic mass is 10.1. The van der Waals surface area contributed by atoms with Crippen LogP contribution in [0.1, 0.15) is 0 Å². The second kappa shape index (κ2) is 3.91. The SMILES string of the molecule is O=C1C=CC(=O)N1C1C=CC(Cl)=CC1(Cl)Cl. The van der Waals surface area contributed by atoms with Crippen LogP contribution in [-0.4, -0.2) is 27.1 Å². The Kier molecular flexibility index (Phi) is 2.86. The van der Waals surface area contributed by atoms with E-state index in [1.54, 1.807) is 6.08 Å². The normalized spacial score (nSPS) is 27.6. The van der Waals surface area contributed by atoms with E-state index in [-0.39, 0.29) is 0 Å². The first kappa shape index (κ1) is 11.7. The van der Waals surface area contributed by atoms with Crippen molar-refractivity contribution in [1.29, 1.82) is 0 Å². The first-order valence-electron chi connectivity index (χ1n) is 4.41. The first-order chi connectivity index (χ1) is 7.42. The van der Waals surface area contributed by atoms with Gasteiger partial charge in [-0.25, -0.2) is 0 Å². The lowest BCUT2D eigenvalue weighted by molar-refractivity contribution is -0.138. The number of halogens is 3. The summed E-state index contributed by atoms with van der Waals surface area (Å²) in [5.41, 5.74) is 0. The molecule has 6 heteroatoms. The van der Waals surface area contributed by atoms with Crippen LogP contribution in [0.5, 0.6) is 0 Å². The van der Waals surface area contributed by atoms with E-state index in [0.29, 0.717) is 5.03 Å². The Morgan fingerprint density at radius 3 is 2.19 bits per heavy atom. The second-order valence-corrected chi connectivity index (χ2v) is 5.27. The summed E-state index contributed by atoms with van der Waals surface area (Å²) in [5.74, 6) is -0.867. The van der Waals surface area contributed by atoms with E-state index >= 15 is 0 Å². The molecule has 2 aliphatic rings. The third-order valence-electron chi connectivity index (χ3n) is 2.28. The number of carbonyl (C=O) groups excluding carboxylic acids is 2. The zero-order valence-electron chi connectivity index (χ0n) is 7.86. The fraction of sp³-hybridized carbons (Fsp3) is 0.200. The summed E-state index contributed by atoms with van der Waals surface area (Å²) in [6.45, 7) is 0. The highest BCUT2D eigenvalue weighted by Crippen LogP contribution is 2.37. The van der Waals surface area contributed by atoms with Crippen molar-refractivity contribution in [2.45, 2.75) is 10.4 Å². The first-order valence-corrected chi connectivity index (χ1v) is 5.55. The van der Waals surface area contributed by atoms with Crippen LogP contribution in [0.25, 0.3) is 0 Å². The summed E-state index contributed by atoms with van der Waals surface area (Å²) in [4.78, 5) is 23.9. The Bertz CT molecular complexity index is 433. The van der Waals surface area contributed by atoms with Gasteiger partial charge in [-0.3, -0.25) is 14.5 Å². The molecule has 0 saturated carbocycles. The van der Waals surface area contributed by atoms with E-state index in [1.807, 2.05) is 0 Å². The minimum absolute atomic E-state index is 0.369. The number of nitrogens with zero attached hydrogens (tertiary/aromatic N) is 1. The molecular formula is C10H6Cl3NO2. The van der Waals surface area contributed by atoms with Gasteiger partial charge in [0.15, 0.2) is 4.33 Å². The molecule has 0 N–H and O–H groups in total. The van der Waals surface area contributed by atoms with Gasteiger partial charge in [0, 0.05) is 17.2 Å². The number of carbonyl (C=O) groups is 2. The fourth-order valence-corrected chi connectivity index (χ4v) is 2.51. The molecule has 1 heterocycles. The number of allylic oxidation sites excluding steroid dienone is 2. The highest BCUT2D eigenvalue weighted by atomic mass is 35.5. The minimum Gasteiger partial charge on any atom is -0.269 e. The molecule has 16 heavy (non-hydrogen) atoms. The molecule has 0 saturated heterocycles. The molecular weight excluding hydrogens is 272 g/mol. The molecule has 1 unspecified atom stereocenters. The number of alkyl halides is 2. The Balaban J connectivity index is 2.33. The largest absolute Gasteiger partial charge is 0.269 e. The lowest BCUT2D eigenvalue weighted by Gasteiger charge is -2.33. The zero-order valence-corrected chi connectivity index (χ0v) is 10.1. The number of hydrogen-bond acceptors (Lipinski definition) is 2. The van der Waals surface area contributed by atoms with E-state index in [2.05, 4.69) is 0 Å². The molecule has 0 radical (unpaired) electrons. The fourth-order valence-electron chi connectivity index (χ4n) is 1.57. The van der Waals surface area contributed by atoms with Gasteiger partial charge in [-0.05, 0) is 12.2 Å². The summed E-state index contributed by atoms with van der Waals surface area (Å²) in [6.07, 6.45) is 6.83. The van der Waals surface area contributed by atoms with Crippen LogP contribution in [0.4, 0.5) is 0 Å². The molecule has 0 spiro atoms. The van der Waals surface area contributed by atoms with Gasteiger partial charge in [-0.2, -0.15) is 0 Å². The van der Waals surface area contributed by atoms with Crippen molar-refractivity contribution in [2.75, 3.05) is 0 Å². The Labute approximate surface area is 107 Å². The third-order valence-corrected chi connectivity index (χ3v) is 3.18. The van der Waals surface area contributed by atoms with Gasteiger partial charge in [0.05, 0.1) is 6.04 Å². The molecule has 0 aromatic carbocycles. The average Bonchev–Trinajstić information content (AvgIpc) is 2.46. The van der Waals surface area contributed by atoms with E-state index in [0.717, 1.165) is 4.90 Å². The predicted molar refractivity (Wildman–Crippen MR) is 62.3 cm³/mol. The molecule has 3 nitrogen and oxygen atoms in total. The number of hydrogen-bond donors (Lipinski definition) is 0. The van der Waals surface area contributed by atoms with Crippen molar-refractivity contribution in [3.05, 3.63) is 35.4 Å². The van der Waals surface area contributed by atoms with E-state index in [9.17, 15) is 9.59 Å². The monoisotopic (exact) mass is 277 g/mol. The topological polar surface area (TPSA) is 37.4 Å². The van der Waals surface area contributed by atoms with Crippen molar-refractivity contribution >= 4 is 46.6 Å². The van der Waals surface area contributed by atoms with Crippen molar-refractivity contribution in [2.24, 2.45) is 0 Å². The Hall–Kier alpha value is -0.770. The van der Waals surface area contributed by atoms with Gasteiger partial charge < -0.3 is 0 Å². The van der Waals surface area contributed by atoms with Gasteiger partial charge in [0.1, 0.15) is 0 Å². The maximum Gasteiger partial charge on any atom is 0.254 e. The second-order valence-electron chi connectivity index (χ2n) is 3.39. The summed E-state index contributed by atoms with van der Waals surface area (Å²) < 4.78 is -1.40. The number of imide groups is 1. The van der Waals surface area contributed by atoms with Crippen LogP contribution < -0.4 is 0 Å². The van der Waals surface area contributed by atoms with Crippen molar-refractivity contribution in [1.82, 2.24) is 4.90 Å². The van der Waals surface area contributed by atoms with Crippen LogP contribution in [-0.2, 0) is 9.59 Å².